The number of hydrogen-bond donors (Lipinski definition) is 0. The molecule has 0 saturated heterocycles. The Balaban J connectivity index is -0.00000000455. The van der Waals surface area contributed by atoms with E-state index >= 15 is 0 Å². The third-order valence-corrected chi connectivity index (χ3v) is 0. The smallest absolute Gasteiger partial charge is 0.494 e. The van der Waals surface area contributed by atoms with Crippen molar-refractivity contribution >= 4 is 0 Å². The van der Waals surface area contributed by atoms with Crippen LogP contribution in [0.2, 0.25) is 0 Å². The Hall–Kier alpha value is 3.97. The van der Waals surface area contributed by atoms with Gasteiger partial charge < -0.3 is 55.0 Å². The normalized spacial score (nSPS) is 1.52. The van der Waals surface area contributed by atoms with E-state index in [0.29, 0.717) is 0 Å². The van der Waals surface area contributed by atoms with Gasteiger partial charge in [-0.05, 0) is 0 Å². The topological polar surface area (TPSA) is 238 Å². The molecule has 0 aromatic heterocycles. The van der Waals surface area contributed by atoms with Gasteiger partial charge in [0, 0.05) is 17.1 Å². The van der Waals surface area contributed by atoms with Gasteiger partial charge in [-0.2, -0.15) is 0 Å². The quantitative estimate of drug-likeness (QED) is 0.272. The molecule has 0 aliphatic carbocycles. The van der Waals surface area contributed by atoms with Crippen molar-refractivity contribution in [3.05, 3.63) is 28.7 Å². The van der Waals surface area contributed by atoms with Gasteiger partial charge in [-0.25, -0.2) is 0 Å². The van der Waals surface area contributed by atoms with Crippen molar-refractivity contribution in [1.29, 1.82) is 26.3 Å². The van der Waals surface area contributed by atoms with Crippen molar-refractivity contribution < 1.29 is 224 Å². The summed E-state index contributed by atoms with van der Waals surface area (Å²) in [5, 5.41) is 34.9. The molecule has 0 amide bonds. The Kier molecular flexibility index (Phi) is 816. The van der Waals surface area contributed by atoms with Crippen LogP contribution in [0.15, 0.2) is 0 Å². The average molecular weight is 422 g/mol. The molecule has 0 bridgehead atoms. The molecule has 0 rings (SSSR count). The van der Waals surface area contributed by atoms with E-state index in [9.17, 15) is 0 Å². The molecular weight excluding hydrogens is 417 g/mol. The predicted molar refractivity (Wildman–Crippen MR) is 49.7 cm³/mol. The van der Waals surface area contributed by atoms with Crippen LogP contribution in [0.25, 0.3) is 28.7 Å². The second kappa shape index (κ2) is 201. The molecule has 0 radical (unpaired) electrons. The molecule has 0 fully saturated rings. The second-order valence-corrected chi connectivity index (χ2v) is 0.559. The van der Waals surface area contributed by atoms with E-state index in [1.54, 1.807) is 0 Å². The molecule has 0 aromatic rings. The summed E-state index contributed by atoms with van der Waals surface area (Å²) in [6, 6.07) is 0. The molecule has 0 aliphatic heterocycles. The molecule has 0 unspecified atom stereocenters. The van der Waals surface area contributed by atoms with Gasteiger partial charge in [-0.3, -0.25) is 0 Å². The first-order valence-electron chi connectivity index (χ1n) is 2.37. The van der Waals surface area contributed by atoms with Gasteiger partial charge in [0.05, 0.1) is 0 Å². The van der Waals surface area contributed by atoms with Gasteiger partial charge in [-0.1, -0.05) is 31.0 Å². The molecule has 5 N–H and O–H groups in total. The summed E-state index contributed by atoms with van der Waals surface area (Å²) in [5.41, 5.74) is 27.6. The number of hydrogen-bond acceptors (Lipinski definition) is 5. The fraction of sp³-hybridized carbons (Fsp3) is 0. The summed E-state index contributed by atoms with van der Waals surface area (Å²) in [7, 11) is 0. The minimum atomic E-state index is 0. The predicted octanol–water partition coefficient (Wildman–Crippen LogP) is -18.4. The van der Waals surface area contributed by atoms with Crippen LogP contribution in [0.5, 0.6) is 0 Å². The van der Waals surface area contributed by atoms with Crippen molar-refractivity contribution in [3.63, 3.8) is 0 Å². The van der Waals surface area contributed by atoms with Crippen LogP contribution >= 0.6 is 0 Å². The van der Waals surface area contributed by atoms with Crippen LogP contribution in [0.4, 0.5) is 0 Å². The summed E-state index contributed by atoms with van der Waals surface area (Å²) >= 11 is 0. The van der Waals surface area contributed by atoms with Crippen LogP contribution in [-0.4, -0.2) is 0 Å². The monoisotopic (exact) mass is 422 g/mol. The van der Waals surface area contributed by atoms with E-state index in [0.717, 1.165) is 31.0 Å². The molecule has 0 spiro atoms. The zero-order chi connectivity index (χ0) is 13.5. The van der Waals surface area contributed by atoms with Crippen LogP contribution in [-0.2, 0) is 17.1 Å². The number of nitrogens with zero attached hydrogens (tertiary/aromatic N) is 5. The van der Waals surface area contributed by atoms with Crippen molar-refractivity contribution in [3.8, 4) is 31.0 Å². The van der Waals surface area contributed by atoms with Crippen LogP contribution in [0.1, 0.15) is 0 Å². The van der Waals surface area contributed by atoms with E-state index in [2.05, 4.69) is 0 Å². The maximum Gasteiger partial charge on any atom is 1.00 e. The summed E-state index contributed by atoms with van der Waals surface area (Å²) in [4.78, 5) is 0. The van der Waals surface area contributed by atoms with E-state index in [1.165, 1.54) is 0 Å². The fourth-order valence-corrected chi connectivity index (χ4v) is 0. The zero-order valence-corrected chi connectivity index (χ0v) is 29.7. The Morgan fingerprint density at radius 2 is 0.348 bits per heavy atom. The SMILES string of the molecule is N#C[NH-].N#C[NH-].N#C[NH-].N#C[NH-].N#C[NH-].[Fe].[Na+].[Na+].[Na+].[Na+].[Na+].[Na+].[Na+]. The first-order valence-corrected chi connectivity index (χ1v) is 2.37. The molecule has 10 nitrogen and oxygen atoms in total. The Morgan fingerprint density at radius 3 is 0.348 bits per heavy atom. The zero-order valence-electron chi connectivity index (χ0n) is 14.6. The van der Waals surface area contributed by atoms with Gasteiger partial charge >= 0.3 is 207 Å². The summed E-state index contributed by atoms with van der Waals surface area (Å²) in [6.45, 7) is 0. The Labute approximate surface area is 302 Å². The molecule has 23 heavy (non-hydrogen) atoms. The summed E-state index contributed by atoms with van der Waals surface area (Å²) in [5.74, 6) is 0. The Morgan fingerprint density at radius 1 is 0.348 bits per heavy atom. The van der Waals surface area contributed by atoms with Gasteiger partial charge in [0.2, 0.25) is 0 Å². The molecule has 0 saturated carbocycles. The maximum absolute atomic E-state index is 6.99. The third-order valence-electron chi connectivity index (χ3n) is 0. The van der Waals surface area contributed by atoms with Crippen molar-refractivity contribution in [2.45, 2.75) is 0 Å². The molecule has 0 aliphatic rings. The number of rotatable bonds is 0. The van der Waals surface area contributed by atoms with Crippen molar-refractivity contribution in [2.75, 3.05) is 0 Å². The molecule has 18 heteroatoms. The van der Waals surface area contributed by atoms with Crippen LogP contribution in [0, 0.1) is 57.3 Å². The van der Waals surface area contributed by atoms with Crippen LogP contribution in [0.3, 0.4) is 0 Å². The van der Waals surface area contributed by atoms with Gasteiger partial charge in [0.15, 0.2) is 0 Å². The molecule has 0 atom stereocenters. The summed E-state index contributed by atoms with van der Waals surface area (Å²) < 4.78 is 0. The largest absolute Gasteiger partial charge is 1.00 e. The maximum atomic E-state index is 6.99. The van der Waals surface area contributed by atoms with Crippen LogP contribution < -0.4 is 207 Å². The average Bonchev–Trinajstić information content (AvgIpc) is 2.09. The minimum Gasteiger partial charge on any atom is -0.494 e. The first kappa shape index (κ1) is 93.2. The third kappa shape index (κ3) is 947. The summed E-state index contributed by atoms with van der Waals surface area (Å²) in [6.07, 6.45) is 5.00. The van der Waals surface area contributed by atoms with Gasteiger partial charge in [0.25, 0.3) is 0 Å². The number of nitrogens with one attached hydrogen (secondary N) is 5. The minimum absolute atomic E-state index is 0. The van der Waals surface area contributed by atoms with Gasteiger partial charge in [-0.15, -0.1) is 0 Å². The molecule has 0 heterocycles. The molecule has 0 aromatic carbocycles. The Bertz CT molecular complexity index is 217. The molecule has 88 valence electrons. The van der Waals surface area contributed by atoms with Crippen molar-refractivity contribution in [1.82, 2.24) is 0 Å². The van der Waals surface area contributed by atoms with E-state index < -0.39 is 0 Å². The first-order chi connectivity index (χ1) is 7.07. The van der Waals surface area contributed by atoms with E-state index in [-0.39, 0.29) is 224 Å². The van der Waals surface area contributed by atoms with E-state index in [4.69, 9.17) is 55.0 Å². The van der Waals surface area contributed by atoms with Gasteiger partial charge in [0.1, 0.15) is 0 Å². The van der Waals surface area contributed by atoms with E-state index in [1.807, 2.05) is 0 Å². The molecular formula is C5H5FeN10Na7+2. The second-order valence-electron chi connectivity index (χ2n) is 0.559. The fourth-order valence-electron chi connectivity index (χ4n) is 0. The number of nitriles is 5. The standard InChI is InChI=1S/5CHN2.Fe.7Na/c5*2-1-3;;;;;;;;/h5*2H;;;;;;;;/q5*-1;;7*+1. The van der Waals surface area contributed by atoms with Crippen molar-refractivity contribution in [2.24, 2.45) is 0 Å².